The van der Waals surface area contributed by atoms with Crippen LogP contribution in [0, 0.1) is 5.92 Å². The van der Waals surface area contributed by atoms with Crippen LogP contribution in [0.2, 0.25) is 0 Å². The smallest absolute Gasteiger partial charge is 0.307 e. The predicted molar refractivity (Wildman–Crippen MR) is 62.3 cm³/mol. The van der Waals surface area contributed by atoms with Gasteiger partial charge in [0, 0.05) is 11.5 Å². The summed E-state index contributed by atoms with van der Waals surface area (Å²) in [7, 11) is 1.56. The lowest BCUT2D eigenvalue weighted by Gasteiger charge is -2.24. The fourth-order valence-corrected chi connectivity index (χ4v) is 1.97. The number of carbonyl (C=O) groups is 1. The van der Waals surface area contributed by atoms with Gasteiger partial charge in [-0.2, -0.15) is 0 Å². The predicted octanol–water partition coefficient (Wildman–Crippen LogP) is 2.41. The molecule has 0 aliphatic carbocycles. The van der Waals surface area contributed by atoms with Gasteiger partial charge in [-0.3, -0.25) is 4.79 Å². The summed E-state index contributed by atoms with van der Waals surface area (Å²) in [5.41, 5.74) is 0.849. The maximum absolute atomic E-state index is 11.1. The summed E-state index contributed by atoms with van der Waals surface area (Å²) in [6, 6.07) is 5.49. The van der Waals surface area contributed by atoms with Gasteiger partial charge >= 0.3 is 5.97 Å². The molecule has 1 aromatic rings. The molecule has 0 aromatic heterocycles. The Morgan fingerprint density at radius 3 is 2.94 bits per heavy atom. The van der Waals surface area contributed by atoms with Crippen LogP contribution in [0.15, 0.2) is 30.5 Å². The molecule has 0 fully saturated rings. The van der Waals surface area contributed by atoms with Crippen LogP contribution in [0.1, 0.15) is 18.4 Å². The second-order valence-corrected chi connectivity index (χ2v) is 3.98. The summed E-state index contributed by atoms with van der Waals surface area (Å²) in [5, 5.41) is 9.08. The Kier molecular flexibility index (Phi) is 3.04. The van der Waals surface area contributed by atoms with Crippen LogP contribution < -0.4 is 9.47 Å². The molecule has 0 saturated carbocycles. The van der Waals surface area contributed by atoms with Gasteiger partial charge in [-0.15, -0.1) is 0 Å². The molecule has 0 bridgehead atoms. The molecule has 0 amide bonds. The Balaban J connectivity index is 2.45. The monoisotopic (exact) mass is 234 g/mol. The van der Waals surface area contributed by atoms with E-state index in [1.165, 1.54) is 6.26 Å². The second-order valence-electron chi connectivity index (χ2n) is 3.98. The molecule has 0 radical (unpaired) electrons. The molecule has 1 aliphatic rings. The van der Waals surface area contributed by atoms with Crippen molar-refractivity contribution < 1.29 is 19.4 Å². The summed E-state index contributed by atoms with van der Waals surface area (Å²) in [5.74, 6) is -0.285. The van der Waals surface area contributed by atoms with Crippen LogP contribution in [0.5, 0.6) is 11.5 Å². The third kappa shape index (κ3) is 1.98. The number of carboxylic acid groups (broad SMARTS) is 1. The van der Waals surface area contributed by atoms with Crippen LogP contribution in [-0.2, 0) is 4.79 Å². The second kappa shape index (κ2) is 4.49. The van der Waals surface area contributed by atoms with Crippen LogP contribution >= 0.6 is 0 Å². The first-order valence-electron chi connectivity index (χ1n) is 5.38. The number of hydrogen-bond donors (Lipinski definition) is 1. The fourth-order valence-electron chi connectivity index (χ4n) is 1.97. The van der Waals surface area contributed by atoms with Crippen LogP contribution in [0.25, 0.3) is 0 Å². The first-order valence-corrected chi connectivity index (χ1v) is 5.38. The molecular formula is C13H14O4. The normalized spacial score (nSPS) is 19.1. The zero-order valence-electron chi connectivity index (χ0n) is 9.71. The summed E-state index contributed by atoms with van der Waals surface area (Å²) < 4.78 is 10.6. The number of allylic oxidation sites excluding steroid dienone is 1. The average Bonchev–Trinajstić information content (AvgIpc) is 2.36. The Bertz CT molecular complexity index is 464. The van der Waals surface area contributed by atoms with Gasteiger partial charge in [0.05, 0.1) is 19.3 Å². The van der Waals surface area contributed by atoms with E-state index < -0.39 is 11.9 Å². The molecule has 4 heteroatoms. The molecule has 17 heavy (non-hydrogen) atoms. The SMILES string of the molecule is COc1cccc2c1OC=C[C@@H]2[C@H](C)C(=O)O. The van der Waals surface area contributed by atoms with Crippen molar-refractivity contribution in [2.45, 2.75) is 12.8 Å². The van der Waals surface area contributed by atoms with Crippen LogP contribution in [0.4, 0.5) is 0 Å². The summed E-state index contributed by atoms with van der Waals surface area (Å²) >= 11 is 0. The van der Waals surface area contributed by atoms with Crippen molar-refractivity contribution in [1.29, 1.82) is 0 Å². The lowest BCUT2D eigenvalue weighted by molar-refractivity contribution is -0.141. The quantitative estimate of drug-likeness (QED) is 0.872. The van der Waals surface area contributed by atoms with Gasteiger partial charge in [-0.25, -0.2) is 0 Å². The highest BCUT2D eigenvalue weighted by molar-refractivity contribution is 5.72. The molecule has 2 rings (SSSR count). The molecular weight excluding hydrogens is 220 g/mol. The van der Waals surface area contributed by atoms with Crippen molar-refractivity contribution in [2.75, 3.05) is 7.11 Å². The van der Waals surface area contributed by atoms with Crippen molar-refractivity contribution in [3.05, 3.63) is 36.1 Å². The number of aliphatic carboxylic acids is 1. The molecule has 0 saturated heterocycles. The first kappa shape index (κ1) is 11.5. The van der Waals surface area contributed by atoms with E-state index in [0.717, 1.165) is 5.56 Å². The van der Waals surface area contributed by atoms with E-state index in [-0.39, 0.29) is 5.92 Å². The number of fused-ring (bicyclic) bond motifs is 1. The van der Waals surface area contributed by atoms with Crippen molar-refractivity contribution in [3.8, 4) is 11.5 Å². The topological polar surface area (TPSA) is 55.8 Å². The summed E-state index contributed by atoms with van der Waals surface area (Å²) in [6.07, 6.45) is 3.29. The van der Waals surface area contributed by atoms with Gasteiger partial charge in [-0.1, -0.05) is 19.1 Å². The van der Waals surface area contributed by atoms with Gasteiger partial charge in [-0.05, 0) is 12.1 Å². The summed E-state index contributed by atoms with van der Waals surface area (Å²) in [6.45, 7) is 1.69. The van der Waals surface area contributed by atoms with Crippen molar-refractivity contribution in [2.24, 2.45) is 5.92 Å². The lowest BCUT2D eigenvalue weighted by atomic mass is 9.85. The van der Waals surface area contributed by atoms with E-state index in [9.17, 15) is 4.79 Å². The molecule has 1 heterocycles. The van der Waals surface area contributed by atoms with Gasteiger partial charge < -0.3 is 14.6 Å². The Morgan fingerprint density at radius 1 is 1.53 bits per heavy atom. The van der Waals surface area contributed by atoms with E-state index in [1.54, 1.807) is 26.2 Å². The van der Waals surface area contributed by atoms with Gasteiger partial charge in [0.25, 0.3) is 0 Å². The molecule has 90 valence electrons. The zero-order valence-corrected chi connectivity index (χ0v) is 9.71. The number of rotatable bonds is 3. The fraction of sp³-hybridized carbons (Fsp3) is 0.308. The minimum atomic E-state index is -0.824. The van der Waals surface area contributed by atoms with E-state index in [0.29, 0.717) is 11.5 Å². The maximum atomic E-state index is 11.1. The molecule has 0 unspecified atom stereocenters. The minimum Gasteiger partial charge on any atom is -0.493 e. The first-order chi connectivity index (χ1) is 8.15. The number of ether oxygens (including phenoxy) is 2. The number of hydrogen-bond acceptors (Lipinski definition) is 3. The number of benzene rings is 1. The number of carboxylic acids is 1. The van der Waals surface area contributed by atoms with Crippen molar-refractivity contribution in [3.63, 3.8) is 0 Å². The zero-order chi connectivity index (χ0) is 12.4. The maximum Gasteiger partial charge on any atom is 0.307 e. The largest absolute Gasteiger partial charge is 0.493 e. The van der Waals surface area contributed by atoms with Gasteiger partial charge in [0.15, 0.2) is 11.5 Å². The standard InChI is InChI=1S/C13H14O4/c1-8(13(14)15)9-6-7-17-12-10(9)4-3-5-11(12)16-2/h3-9H,1-2H3,(H,14,15)/t8-,9+/m0/s1. The molecule has 1 aromatic carbocycles. The van der Waals surface area contributed by atoms with E-state index in [4.69, 9.17) is 14.6 Å². The van der Waals surface area contributed by atoms with Gasteiger partial charge in [0.2, 0.25) is 0 Å². The highest BCUT2D eigenvalue weighted by Gasteiger charge is 2.29. The third-order valence-electron chi connectivity index (χ3n) is 2.99. The van der Waals surface area contributed by atoms with Crippen molar-refractivity contribution >= 4 is 5.97 Å². The Morgan fingerprint density at radius 2 is 2.29 bits per heavy atom. The lowest BCUT2D eigenvalue weighted by Crippen LogP contribution is -2.20. The minimum absolute atomic E-state index is 0.189. The highest BCUT2D eigenvalue weighted by Crippen LogP contribution is 2.41. The van der Waals surface area contributed by atoms with Crippen molar-refractivity contribution in [1.82, 2.24) is 0 Å². The van der Waals surface area contributed by atoms with E-state index >= 15 is 0 Å². The highest BCUT2D eigenvalue weighted by atomic mass is 16.5. The molecule has 0 spiro atoms. The molecule has 4 nitrogen and oxygen atoms in total. The summed E-state index contributed by atoms with van der Waals surface area (Å²) in [4.78, 5) is 11.1. The Hall–Kier alpha value is -1.97. The average molecular weight is 234 g/mol. The van der Waals surface area contributed by atoms with E-state index in [2.05, 4.69) is 0 Å². The molecule has 1 N–H and O–H groups in total. The molecule has 2 atom stereocenters. The Labute approximate surface area is 99.5 Å². The van der Waals surface area contributed by atoms with Gasteiger partial charge in [0.1, 0.15) is 0 Å². The molecule has 1 aliphatic heterocycles. The number of para-hydroxylation sites is 1. The van der Waals surface area contributed by atoms with Crippen LogP contribution in [-0.4, -0.2) is 18.2 Å². The third-order valence-corrected chi connectivity index (χ3v) is 2.99. The van der Waals surface area contributed by atoms with E-state index in [1.807, 2.05) is 12.1 Å². The number of methoxy groups -OCH3 is 1. The van der Waals surface area contributed by atoms with Crippen LogP contribution in [0.3, 0.4) is 0 Å².